The topological polar surface area (TPSA) is 47.9 Å². The number of carbonyl (C=O) groups is 1. The van der Waals surface area contributed by atoms with Crippen molar-refractivity contribution in [3.63, 3.8) is 0 Å². The molecule has 0 amide bonds. The Kier molecular flexibility index (Phi) is 5.49. The van der Waals surface area contributed by atoms with Crippen molar-refractivity contribution >= 4 is 17.9 Å². The third-order valence-electron chi connectivity index (χ3n) is 2.78. The maximum atomic E-state index is 11.1. The number of benzene rings is 2. The lowest BCUT2D eigenvalue weighted by atomic mass is 10.2. The first kappa shape index (κ1) is 15.5. The van der Waals surface area contributed by atoms with Crippen molar-refractivity contribution in [2.75, 3.05) is 6.61 Å². The molecule has 0 saturated carbocycles. The Hall–Kier alpha value is -2.88. The second-order valence-corrected chi connectivity index (χ2v) is 4.38. The summed E-state index contributed by atoms with van der Waals surface area (Å²) in [5.41, 5.74) is 1.75. The highest BCUT2D eigenvalue weighted by Gasteiger charge is 1.99. The van der Waals surface area contributed by atoms with E-state index in [4.69, 9.17) is 9.47 Å². The lowest BCUT2D eigenvalue weighted by molar-refractivity contribution is -0.128. The van der Waals surface area contributed by atoms with E-state index in [1.165, 1.54) is 0 Å². The van der Waals surface area contributed by atoms with Gasteiger partial charge >= 0.3 is 5.97 Å². The lowest BCUT2D eigenvalue weighted by Crippen LogP contribution is -2.02. The summed E-state index contributed by atoms with van der Waals surface area (Å²) in [6.07, 6.45) is 2.87. The largest absolute Gasteiger partial charge is 0.494 e. The van der Waals surface area contributed by atoms with Gasteiger partial charge in [0.2, 0.25) is 0 Å². The number of nitrogens with zero attached hydrogens (tertiary/aromatic N) is 1. The molecule has 0 atom stereocenters. The molecule has 0 bridgehead atoms. The summed E-state index contributed by atoms with van der Waals surface area (Å²) in [5.74, 6) is 0.828. The van der Waals surface area contributed by atoms with E-state index >= 15 is 0 Å². The Bertz CT molecular complexity index is 658. The quantitative estimate of drug-likeness (QED) is 0.351. The third kappa shape index (κ3) is 4.59. The summed E-state index contributed by atoms with van der Waals surface area (Å²) in [7, 11) is 0. The average Bonchev–Trinajstić information content (AvgIpc) is 2.56. The zero-order valence-electron chi connectivity index (χ0n) is 12.4. The number of esters is 1. The second kappa shape index (κ2) is 7.78. The molecular weight excluding hydrogens is 278 g/mol. The zero-order valence-corrected chi connectivity index (χ0v) is 12.4. The summed E-state index contributed by atoms with van der Waals surface area (Å²) < 4.78 is 10.4. The van der Waals surface area contributed by atoms with Crippen molar-refractivity contribution in [2.24, 2.45) is 4.99 Å². The van der Waals surface area contributed by atoms with Gasteiger partial charge < -0.3 is 9.47 Å². The Morgan fingerprint density at radius 3 is 2.32 bits per heavy atom. The van der Waals surface area contributed by atoms with Crippen LogP contribution in [-0.2, 0) is 4.79 Å². The zero-order chi connectivity index (χ0) is 15.8. The summed E-state index contributed by atoms with van der Waals surface area (Å²) in [6.45, 7) is 5.94. The average molecular weight is 295 g/mol. The van der Waals surface area contributed by atoms with Gasteiger partial charge in [-0.1, -0.05) is 6.58 Å². The molecule has 0 saturated heterocycles. The Morgan fingerprint density at radius 2 is 1.73 bits per heavy atom. The Morgan fingerprint density at radius 1 is 1.09 bits per heavy atom. The van der Waals surface area contributed by atoms with E-state index in [-0.39, 0.29) is 0 Å². The highest BCUT2D eigenvalue weighted by atomic mass is 16.5. The summed E-state index contributed by atoms with van der Waals surface area (Å²) in [4.78, 5) is 15.5. The standard InChI is InChI=1S/C18H17NO3/c1-3-18(20)22-17-9-5-14(6-10-17)13-19-15-7-11-16(12-8-15)21-4-2/h3,5-13H,1,4H2,2H3. The van der Waals surface area contributed by atoms with E-state index < -0.39 is 5.97 Å². The van der Waals surface area contributed by atoms with Gasteiger partial charge in [-0.05, 0) is 61.0 Å². The van der Waals surface area contributed by atoms with Gasteiger partial charge in [-0.25, -0.2) is 4.79 Å². The molecule has 22 heavy (non-hydrogen) atoms. The number of aliphatic imine (C=N–C) groups is 1. The SMILES string of the molecule is C=CC(=O)Oc1ccc(C=Nc2ccc(OCC)cc2)cc1. The fourth-order valence-corrected chi connectivity index (χ4v) is 1.72. The van der Waals surface area contributed by atoms with E-state index in [0.717, 1.165) is 23.1 Å². The van der Waals surface area contributed by atoms with Gasteiger partial charge in [-0.3, -0.25) is 4.99 Å². The maximum absolute atomic E-state index is 11.1. The molecule has 0 N–H and O–H groups in total. The van der Waals surface area contributed by atoms with Crippen LogP contribution in [0.15, 0.2) is 66.2 Å². The molecule has 0 unspecified atom stereocenters. The van der Waals surface area contributed by atoms with E-state index in [0.29, 0.717) is 12.4 Å². The van der Waals surface area contributed by atoms with E-state index in [9.17, 15) is 4.79 Å². The number of rotatable bonds is 6. The molecule has 2 aromatic carbocycles. The second-order valence-electron chi connectivity index (χ2n) is 4.38. The Balaban J connectivity index is 2.00. The van der Waals surface area contributed by atoms with E-state index in [1.54, 1.807) is 18.3 Å². The van der Waals surface area contributed by atoms with Gasteiger partial charge in [0.15, 0.2) is 0 Å². The van der Waals surface area contributed by atoms with Crippen LogP contribution in [-0.4, -0.2) is 18.8 Å². The first-order valence-corrected chi connectivity index (χ1v) is 6.92. The molecule has 112 valence electrons. The molecule has 0 aromatic heterocycles. The first-order chi connectivity index (χ1) is 10.7. The molecule has 0 heterocycles. The fraction of sp³-hybridized carbons (Fsp3) is 0.111. The van der Waals surface area contributed by atoms with Crippen molar-refractivity contribution in [2.45, 2.75) is 6.92 Å². The van der Waals surface area contributed by atoms with Crippen LogP contribution in [0.4, 0.5) is 5.69 Å². The normalized spacial score (nSPS) is 10.4. The molecule has 0 aliphatic carbocycles. The van der Waals surface area contributed by atoms with Gasteiger partial charge in [-0.2, -0.15) is 0 Å². The van der Waals surface area contributed by atoms with Crippen molar-refractivity contribution in [1.29, 1.82) is 0 Å². The molecule has 2 aromatic rings. The molecule has 2 rings (SSSR count). The van der Waals surface area contributed by atoms with Gasteiger partial charge in [-0.15, -0.1) is 0 Å². The van der Waals surface area contributed by atoms with Crippen molar-refractivity contribution in [3.8, 4) is 11.5 Å². The van der Waals surface area contributed by atoms with Gasteiger partial charge in [0, 0.05) is 12.3 Å². The monoisotopic (exact) mass is 295 g/mol. The molecule has 4 heteroatoms. The van der Waals surface area contributed by atoms with Crippen LogP contribution in [0.1, 0.15) is 12.5 Å². The number of carbonyl (C=O) groups excluding carboxylic acids is 1. The molecule has 4 nitrogen and oxygen atoms in total. The maximum Gasteiger partial charge on any atom is 0.335 e. The number of ether oxygens (including phenoxy) is 2. The number of hydrogen-bond donors (Lipinski definition) is 0. The summed E-state index contributed by atoms with van der Waals surface area (Å²) >= 11 is 0. The predicted molar refractivity (Wildman–Crippen MR) is 87.1 cm³/mol. The van der Waals surface area contributed by atoms with Crippen molar-refractivity contribution < 1.29 is 14.3 Å². The molecule has 0 radical (unpaired) electrons. The lowest BCUT2D eigenvalue weighted by Gasteiger charge is -2.02. The third-order valence-corrected chi connectivity index (χ3v) is 2.78. The number of hydrogen-bond acceptors (Lipinski definition) is 4. The van der Waals surface area contributed by atoms with E-state index in [1.807, 2.05) is 43.3 Å². The minimum Gasteiger partial charge on any atom is -0.494 e. The minimum atomic E-state index is -0.476. The molecule has 0 aliphatic heterocycles. The summed E-state index contributed by atoms with van der Waals surface area (Å²) in [5, 5.41) is 0. The molecule has 0 fully saturated rings. The fourth-order valence-electron chi connectivity index (χ4n) is 1.72. The van der Waals surface area contributed by atoms with Crippen LogP contribution in [0.25, 0.3) is 0 Å². The highest BCUT2D eigenvalue weighted by Crippen LogP contribution is 2.18. The minimum absolute atomic E-state index is 0.475. The highest BCUT2D eigenvalue weighted by molar-refractivity contribution is 5.84. The van der Waals surface area contributed by atoms with Gasteiger partial charge in [0.1, 0.15) is 11.5 Å². The smallest absolute Gasteiger partial charge is 0.335 e. The summed E-state index contributed by atoms with van der Waals surface area (Å²) in [6, 6.07) is 14.6. The van der Waals surface area contributed by atoms with Crippen molar-refractivity contribution in [1.82, 2.24) is 0 Å². The van der Waals surface area contributed by atoms with Crippen LogP contribution in [0.3, 0.4) is 0 Å². The van der Waals surface area contributed by atoms with Crippen LogP contribution in [0.5, 0.6) is 11.5 Å². The van der Waals surface area contributed by atoms with Gasteiger partial charge in [0.25, 0.3) is 0 Å². The van der Waals surface area contributed by atoms with Crippen LogP contribution in [0, 0.1) is 0 Å². The van der Waals surface area contributed by atoms with Crippen LogP contribution in [0.2, 0.25) is 0 Å². The van der Waals surface area contributed by atoms with Crippen LogP contribution < -0.4 is 9.47 Å². The molecular formula is C18H17NO3. The molecule has 0 spiro atoms. The predicted octanol–water partition coefficient (Wildman–Crippen LogP) is 3.93. The van der Waals surface area contributed by atoms with E-state index in [2.05, 4.69) is 11.6 Å². The molecule has 0 aliphatic rings. The van der Waals surface area contributed by atoms with Gasteiger partial charge in [0.05, 0.1) is 12.3 Å². The first-order valence-electron chi connectivity index (χ1n) is 6.92. The Labute approximate surface area is 129 Å². The van der Waals surface area contributed by atoms with Crippen LogP contribution >= 0.6 is 0 Å². The van der Waals surface area contributed by atoms with Crippen molar-refractivity contribution in [3.05, 3.63) is 66.7 Å².